The fraction of sp³-hybridized carbons (Fsp3) is 1.00. The molecule has 1 N–H and O–H groups in total. The van der Waals surface area contributed by atoms with E-state index in [1.807, 2.05) is 0 Å². The summed E-state index contributed by atoms with van der Waals surface area (Å²) in [7, 11) is 0. The van der Waals surface area contributed by atoms with Gasteiger partial charge in [0.15, 0.2) is 0 Å². The number of fused-ring (bicyclic) bond motifs is 1. The van der Waals surface area contributed by atoms with E-state index in [1.165, 1.54) is 38.8 Å². The van der Waals surface area contributed by atoms with Crippen molar-refractivity contribution in [1.82, 2.24) is 10.2 Å². The van der Waals surface area contributed by atoms with Gasteiger partial charge in [-0.15, -0.1) is 0 Å². The fourth-order valence-electron chi connectivity index (χ4n) is 3.15. The first-order valence-corrected chi connectivity index (χ1v) is 6.90. The predicted molar refractivity (Wildman–Crippen MR) is 66.7 cm³/mol. The Balaban J connectivity index is 1.73. The molecular formula is C13H26N2O. The highest BCUT2D eigenvalue weighted by molar-refractivity contribution is 4.94. The Hall–Kier alpha value is -0.120. The molecule has 94 valence electrons. The first kappa shape index (κ1) is 12.3. The van der Waals surface area contributed by atoms with E-state index in [9.17, 15) is 0 Å². The van der Waals surface area contributed by atoms with Gasteiger partial charge in [0.1, 0.15) is 0 Å². The standard InChI is InChI=1S/C13H26N2O/c1-3-16-11(2)10-14-12-7-9-15-8-5-4-6-13(12)15/h11-14H,3-10H2,1-2H3. The number of nitrogens with zero attached hydrogens (tertiary/aromatic N) is 1. The molecule has 3 nitrogen and oxygen atoms in total. The van der Waals surface area contributed by atoms with Crippen molar-refractivity contribution in [3.8, 4) is 0 Å². The first-order chi connectivity index (χ1) is 7.81. The van der Waals surface area contributed by atoms with Crippen LogP contribution >= 0.6 is 0 Å². The number of nitrogens with one attached hydrogen (secondary N) is 1. The zero-order chi connectivity index (χ0) is 11.4. The summed E-state index contributed by atoms with van der Waals surface area (Å²) < 4.78 is 5.56. The Morgan fingerprint density at radius 3 is 3.00 bits per heavy atom. The van der Waals surface area contributed by atoms with Gasteiger partial charge in [-0.1, -0.05) is 6.42 Å². The van der Waals surface area contributed by atoms with Gasteiger partial charge in [-0.25, -0.2) is 0 Å². The maximum Gasteiger partial charge on any atom is 0.0671 e. The van der Waals surface area contributed by atoms with Gasteiger partial charge in [-0.05, 0) is 39.7 Å². The van der Waals surface area contributed by atoms with Gasteiger partial charge in [0.05, 0.1) is 6.10 Å². The van der Waals surface area contributed by atoms with Crippen LogP contribution in [0.5, 0.6) is 0 Å². The van der Waals surface area contributed by atoms with Crippen LogP contribution in [0.25, 0.3) is 0 Å². The Labute approximate surface area is 99.5 Å². The molecule has 0 bridgehead atoms. The summed E-state index contributed by atoms with van der Waals surface area (Å²) in [6.07, 6.45) is 5.88. The summed E-state index contributed by atoms with van der Waals surface area (Å²) >= 11 is 0. The lowest BCUT2D eigenvalue weighted by molar-refractivity contribution is 0.0715. The van der Waals surface area contributed by atoms with Gasteiger partial charge in [-0.2, -0.15) is 0 Å². The zero-order valence-electron chi connectivity index (χ0n) is 10.7. The van der Waals surface area contributed by atoms with E-state index in [0.29, 0.717) is 12.1 Å². The quantitative estimate of drug-likeness (QED) is 0.771. The van der Waals surface area contributed by atoms with Crippen molar-refractivity contribution in [3.05, 3.63) is 0 Å². The van der Waals surface area contributed by atoms with Gasteiger partial charge in [0, 0.05) is 31.8 Å². The Morgan fingerprint density at radius 1 is 1.31 bits per heavy atom. The highest BCUT2D eigenvalue weighted by Crippen LogP contribution is 2.26. The van der Waals surface area contributed by atoms with Crippen LogP contribution in [0.3, 0.4) is 0 Å². The summed E-state index contributed by atoms with van der Waals surface area (Å²) in [5.74, 6) is 0. The molecule has 0 aromatic carbocycles. The largest absolute Gasteiger partial charge is 0.377 e. The monoisotopic (exact) mass is 226 g/mol. The zero-order valence-corrected chi connectivity index (χ0v) is 10.7. The van der Waals surface area contributed by atoms with Crippen LogP contribution in [0.2, 0.25) is 0 Å². The average molecular weight is 226 g/mol. The van der Waals surface area contributed by atoms with Gasteiger partial charge in [-0.3, -0.25) is 4.90 Å². The van der Waals surface area contributed by atoms with Gasteiger partial charge >= 0.3 is 0 Å². The Kier molecular flexibility index (Phi) is 4.62. The molecule has 2 heterocycles. The molecule has 0 aromatic heterocycles. The van der Waals surface area contributed by atoms with Crippen LogP contribution in [0.4, 0.5) is 0 Å². The van der Waals surface area contributed by atoms with Crippen molar-refractivity contribution in [1.29, 1.82) is 0 Å². The highest BCUT2D eigenvalue weighted by atomic mass is 16.5. The third-order valence-electron chi connectivity index (χ3n) is 3.97. The molecule has 0 aliphatic carbocycles. The lowest BCUT2D eigenvalue weighted by Crippen LogP contribution is -2.46. The summed E-state index contributed by atoms with van der Waals surface area (Å²) in [5.41, 5.74) is 0. The minimum atomic E-state index is 0.350. The van der Waals surface area contributed by atoms with Crippen molar-refractivity contribution >= 4 is 0 Å². The number of ether oxygens (including phenoxy) is 1. The van der Waals surface area contributed by atoms with Gasteiger partial charge in [0.25, 0.3) is 0 Å². The third-order valence-corrected chi connectivity index (χ3v) is 3.97. The van der Waals surface area contributed by atoms with Crippen LogP contribution in [0.15, 0.2) is 0 Å². The molecule has 0 spiro atoms. The van der Waals surface area contributed by atoms with E-state index < -0.39 is 0 Å². The summed E-state index contributed by atoms with van der Waals surface area (Å²) in [6.45, 7) is 8.67. The molecule has 3 atom stereocenters. The summed E-state index contributed by atoms with van der Waals surface area (Å²) in [6, 6.07) is 1.52. The molecule has 3 heteroatoms. The van der Waals surface area contributed by atoms with Crippen LogP contribution in [0.1, 0.15) is 39.5 Å². The number of piperidine rings is 1. The van der Waals surface area contributed by atoms with Crippen molar-refractivity contribution in [3.63, 3.8) is 0 Å². The minimum Gasteiger partial charge on any atom is -0.377 e. The number of hydrogen-bond donors (Lipinski definition) is 1. The molecule has 0 saturated carbocycles. The molecule has 0 amide bonds. The van der Waals surface area contributed by atoms with E-state index >= 15 is 0 Å². The molecular weight excluding hydrogens is 200 g/mol. The predicted octanol–water partition coefficient (Wildman–Crippen LogP) is 1.63. The van der Waals surface area contributed by atoms with Crippen molar-refractivity contribution < 1.29 is 4.74 Å². The second-order valence-corrected chi connectivity index (χ2v) is 5.17. The fourth-order valence-corrected chi connectivity index (χ4v) is 3.15. The van der Waals surface area contributed by atoms with Crippen LogP contribution in [-0.4, -0.2) is 49.3 Å². The first-order valence-electron chi connectivity index (χ1n) is 6.90. The van der Waals surface area contributed by atoms with Gasteiger partial charge < -0.3 is 10.1 Å². The van der Waals surface area contributed by atoms with E-state index in [4.69, 9.17) is 4.74 Å². The van der Waals surface area contributed by atoms with Crippen molar-refractivity contribution in [2.24, 2.45) is 0 Å². The summed E-state index contributed by atoms with van der Waals surface area (Å²) in [5, 5.41) is 3.70. The maximum absolute atomic E-state index is 5.56. The lowest BCUT2D eigenvalue weighted by Gasteiger charge is -2.33. The maximum atomic E-state index is 5.56. The topological polar surface area (TPSA) is 24.5 Å². The Morgan fingerprint density at radius 2 is 2.19 bits per heavy atom. The Bertz CT molecular complexity index is 210. The van der Waals surface area contributed by atoms with Crippen LogP contribution in [-0.2, 0) is 4.74 Å². The van der Waals surface area contributed by atoms with Crippen LogP contribution in [0, 0.1) is 0 Å². The molecule has 2 rings (SSSR count). The number of hydrogen-bond acceptors (Lipinski definition) is 3. The highest BCUT2D eigenvalue weighted by Gasteiger charge is 2.34. The van der Waals surface area contributed by atoms with Crippen LogP contribution < -0.4 is 5.32 Å². The van der Waals surface area contributed by atoms with Crippen molar-refractivity contribution in [2.75, 3.05) is 26.2 Å². The average Bonchev–Trinajstić information content (AvgIpc) is 2.70. The van der Waals surface area contributed by atoms with E-state index in [0.717, 1.165) is 19.2 Å². The SMILES string of the molecule is CCOC(C)CNC1CCN2CCCCC12. The normalized spacial score (nSPS) is 32.6. The minimum absolute atomic E-state index is 0.350. The van der Waals surface area contributed by atoms with E-state index in [2.05, 4.69) is 24.1 Å². The van der Waals surface area contributed by atoms with E-state index in [-0.39, 0.29) is 0 Å². The molecule has 0 aromatic rings. The van der Waals surface area contributed by atoms with Crippen molar-refractivity contribution in [2.45, 2.75) is 57.7 Å². The smallest absolute Gasteiger partial charge is 0.0671 e. The number of rotatable bonds is 5. The second-order valence-electron chi connectivity index (χ2n) is 5.17. The molecule has 3 unspecified atom stereocenters. The molecule has 2 fully saturated rings. The summed E-state index contributed by atoms with van der Waals surface area (Å²) in [4.78, 5) is 2.67. The molecule has 2 aliphatic heterocycles. The second kappa shape index (κ2) is 5.99. The van der Waals surface area contributed by atoms with E-state index in [1.54, 1.807) is 0 Å². The molecule has 16 heavy (non-hydrogen) atoms. The third kappa shape index (κ3) is 2.96. The van der Waals surface area contributed by atoms with Gasteiger partial charge in [0.2, 0.25) is 0 Å². The molecule has 2 aliphatic rings. The molecule has 0 radical (unpaired) electrons. The molecule has 2 saturated heterocycles. The lowest BCUT2D eigenvalue weighted by atomic mass is 9.99.